The third-order valence-corrected chi connectivity index (χ3v) is 3.58. The van der Waals surface area contributed by atoms with Crippen LogP contribution in [0, 0.1) is 0 Å². The Morgan fingerprint density at radius 2 is 1.90 bits per heavy atom. The molecule has 3 N–H and O–H groups in total. The molecule has 106 valence electrons. The van der Waals surface area contributed by atoms with Crippen LogP contribution in [0.5, 0.6) is 11.6 Å². The molecule has 0 saturated heterocycles. The van der Waals surface area contributed by atoms with Gasteiger partial charge >= 0.3 is 0 Å². The maximum absolute atomic E-state index is 5.86. The summed E-state index contributed by atoms with van der Waals surface area (Å²) in [6, 6.07) is 7.87. The molecule has 20 heavy (non-hydrogen) atoms. The zero-order valence-electron chi connectivity index (χ0n) is 11.8. The topological polar surface area (TPSA) is 73.1 Å². The zero-order chi connectivity index (χ0) is 14.5. The van der Waals surface area contributed by atoms with E-state index in [0.29, 0.717) is 11.7 Å². The lowest BCUT2D eigenvalue weighted by Gasteiger charge is -2.15. The molecule has 0 fully saturated rings. The summed E-state index contributed by atoms with van der Waals surface area (Å²) in [4.78, 5) is 9.52. The Balaban J connectivity index is 2.32. The van der Waals surface area contributed by atoms with Crippen LogP contribution in [0.2, 0.25) is 0 Å². The van der Waals surface area contributed by atoms with Gasteiger partial charge in [0.2, 0.25) is 5.88 Å². The van der Waals surface area contributed by atoms with E-state index in [2.05, 4.69) is 15.4 Å². The van der Waals surface area contributed by atoms with Crippen molar-refractivity contribution in [3.63, 3.8) is 0 Å². The number of nitrogen functional groups attached to an aromatic ring is 1. The van der Waals surface area contributed by atoms with Gasteiger partial charge < -0.3 is 10.2 Å². The third-order valence-electron chi connectivity index (χ3n) is 2.84. The number of anilines is 1. The first-order valence-electron chi connectivity index (χ1n) is 6.29. The molecule has 0 atom stereocenters. The van der Waals surface area contributed by atoms with Gasteiger partial charge in [0.15, 0.2) is 5.82 Å². The highest BCUT2D eigenvalue weighted by Gasteiger charge is 2.16. The van der Waals surface area contributed by atoms with Gasteiger partial charge in [-0.05, 0) is 36.4 Å². The second-order valence-electron chi connectivity index (χ2n) is 4.52. The maximum atomic E-state index is 5.86. The minimum Gasteiger partial charge on any atom is -0.439 e. The Kier molecular flexibility index (Phi) is 4.81. The lowest BCUT2D eigenvalue weighted by molar-refractivity contribution is 0.451. The van der Waals surface area contributed by atoms with Crippen LogP contribution in [-0.4, -0.2) is 16.2 Å². The van der Waals surface area contributed by atoms with E-state index in [9.17, 15) is 0 Å². The highest BCUT2D eigenvalue weighted by atomic mass is 32.2. The van der Waals surface area contributed by atoms with Gasteiger partial charge in [-0.25, -0.2) is 15.8 Å². The molecular formula is C14H18N4OS. The molecule has 1 aromatic heterocycles. The number of aromatic nitrogens is 2. The first kappa shape index (κ1) is 14.6. The molecule has 0 saturated carbocycles. The predicted octanol–water partition coefficient (Wildman–Crippen LogP) is 3.40. The number of nitrogens with two attached hydrogens (primary N) is 1. The number of benzene rings is 1. The van der Waals surface area contributed by atoms with Crippen LogP contribution in [0.4, 0.5) is 5.82 Å². The summed E-state index contributed by atoms with van der Waals surface area (Å²) in [5.74, 6) is 7.55. The second-order valence-corrected chi connectivity index (χ2v) is 5.40. The normalized spacial score (nSPS) is 10.7. The summed E-state index contributed by atoms with van der Waals surface area (Å²) in [7, 11) is 0. The number of nitrogens with one attached hydrogen (secondary N) is 1. The molecule has 6 heteroatoms. The first-order valence-corrected chi connectivity index (χ1v) is 7.51. The summed E-state index contributed by atoms with van der Waals surface area (Å²) in [6.07, 6.45) is 3.48. The molecule has 0 bridgehead atoms. The monoisotopic (exact) mass is 290 g/mol. The van der Waals surface area contributed by atoms with Crippen LogP contribution in [0.3, 0.4) is 0 Å². The molecule has 0 spiro atoms. The van der Waals surface area contributed by atoms with Crippen molar-refractivity contribution in [3.05, 3.63) is 36.2 Å². The van der Waals surface area contributed by atoms with E-state index < -0.39 is 0 Å². The quantitative estimate of drug-likeness (QED) is 0.499. The number of hydrogen-bond donors (Lipinski definition) is 2. The standard InChI is InChI=1S/C14H18N4OS/c1-9(2)12-13(18-15)16-8-17-14(12)19-10-4-6-11(20-3)7-5-10/h4-9H,15H2,1-3H3,(H,16,17,18). The van der Waals surface area contributed by atoms with Gasteiger partial charge in [-0.2, -0.15) is 0 Å². The number of ether oxygens (including phenoxy) is 1. The van der Waals surface area contributed by atoms with Gasteiger partial charge in [0.1, 0.15) is 12.1 Å². The van der Waals surface area contributed by atoms with E-state index in [1.807, 2.05) is 44.4 Å². The third kappa shape index (κ3) is 3.20. The fourth-order valence-electron chi connectivity index (χ4n) is 1.85. The summed E-state index contributed by atoms with van der Waals surface area (Å²) in [5.41, 5.74) is 3.45. The van der Waals surface area contributed by atoms with Gasteiger partial charge in [0.05, 0.1) is 5.56 Å². The lowest BCUT2D eigenvalue weighted by atomic mass is 10.1. The van der Waals surface area contributed by atoms with Crippen molar-refractivity contribution in [2.75, 3.05) is 11.7 Å². The molecular weight excluding hydrogens is 272 g/mol. The van der Waals surface area contributed by atoms with Crippen molar-refractivity contribution in [2.45, 2.75) is 24.7 Å². The molecule has 1 heterocycles. The molecule has 0 radical (unpaired) electrons. The van der Waals surface area contributed by atoms with Crippen LogP contribution in [0.15, 0.2) is 35.5 Å². The fraction of sp³-hybridized carbons (Fsp3) is 0.286. The van der Waals surface area contributed by atoms with E-state index in [1.54, 1.807) is 11.8 Å². The molecule has 0 aliphatic rings. The van der Waals surface area contributed by atoms with E-state index in [1.165, 1.54) is 11.2 Å². The van der Waals surface area contributed by atoms with Crippen molar-refractivity contribution in [1.29, 1.82) is 0 Å². The average Bonchev–Trinajstić information content (AvgIpc) is 2.47. The Hall–Kier alpha value is -1.79. The van der Waals surface area contributed by atoms with Crippen molar-refractivity contribution < 1.29 is 4.74 Å². The molecule has 0 amide bonds. The van der Waals surface area contributed by atoms with Gasteiger partial charge in [-0.3, -0.25) is 0 Å². The van der Waals surface area contributed by atoms with E-state index >= 15 is 0 Å². The van der Waals surface area contributed by atoms with E-state index in [0.717, 1.165) is 11.3 Å². The average molecular weight is 290 g/mol. The molecule has 0 unspecified atom stereocenters. The van der Waals surface area contributed by atoms with E-state index in [-0.39, 0.29) is 5.92 Å². The Bertz CT molecular complexity index is 572. The van der Waals surface area contributed by atoms with Gasteiger partial charge in [-0.15, -0.1) is 11.8 Å². The predicted molar refractivity (Wildman–Crippen MR) is 82.2 cm³/mol. The smallest absolute Gasteiger partial charge is 0.227 e. The second kappa shape index (κ2) is 6.58. The van der Waals surface area contributed by atoms with Crippen molar-refractivity contribution in [3.8, 4) is 11.6 Å². The fourth-order valence-corrected chi connectivity index (χ4v) is 2.26. The van der Waals surface area contributed by atoms with Gasteiger partial charge in [0.25, 0.3) is 0 Å². The number of rotatable bonds is 5. The molecule has 5 nitrogen and oxygen atoms in total. The molecule has 0 aliphatic carbocycles. The van der Waals surface area contributed by atoms with Gasteiger partial charge in [0, 0.05) is 4.90 Å². The Morgan fingerprint density at radius 3 is 2.45 bits per heavy atom. The Morgan fingerprint density at radius 1 is 1.20 bits per heavy atom. The van der Waals surface area contributed by atoms with E-state index in [4.69, 9.17) is 10.6 Å². The van der Waals surface area contributed by atoms with Crippen molar-refractivity contribution in [2.24, 2.45) is 5.84 Å². The van der Waals surface area contributed by atoms with Crippen LogP contribution in [0.25, 0.3) is 0 Å². The van der Waals surface area contributed by atoms with Crippen molar-refractivity contribution >= 4 is 17.6 Å². The number of hydrazine groups is 1. The highest BCUT2D eigenvalue weighted by Crippen LogP contribution is 2.32. The number of thioether (sulfide) groups is 1. The molecule has 2 rings (SSSR count). The zero-order valence-corrected chi connectivity index (χ0v) is 12.6. The van der Waals surface area contributed by atoms with Gasteiger partial charge in [-0.1, -0.05) is 13.8 Å². The van der Waals surface area contributed by atoms with Crippen molar-refractivity contribution in [1.82, 2.24) is 9.97 Å². The Labute approximate surface area is 122 Å². The molecule has 2 aromatic rings. The van der Waals surface area contributed by atoms with Crippen LogP contribution in [0.1, 0.15) is 25.3 Å². The number of nitrogens with zero attached hydrogens (tertiary/aromatic N) is 2. The summed E-state index contributed by atoms with van der Waals surface area (Å²) in [6.45, 7) is 4.09. The summed E-state index contributed by atoms with van der Waals surface area (Å²) in [5, 5.41) is 0. The molecule has 1 aromatic carbocycles. The lowest BCUT2D eigenvalue weighted by Crippen LogP contribution is -2.13. The largest absolute Gasteiger partial charge is 0.439 e. The number of hydrogen-bond acceptors (Lipinski definition) is 6. The SMILES string of the molecule is CSc1ccc(Oc2ncnc(NN)c2C(C)C)cc1. The minimum atomic E-state index is 0.197. The summed E-state index contributed by atoms with van der Waals surface area (Å²) >= 11 is 1.69. The van der Waals surface area contributed by atoms with Crippen LogP contribution < -0.4 is 16.0 Å². The maximum Gasteiger partial charge on any atom is 0.227 e. The van der Waals surface area contributed by atoms with Crippen LogP contribution in [-0.2, 0) is 0 Å². The highest BCUT2D eigenvalue weighted by molar-refractivity contribution is 7.98. The first-order chi connectivity index (χ1) is 9.65. The minimum absolute atomic E-state index is 0.197. The molecule has 0 aliphatic heterocycles. The van der Waals surface area contributed by atoms with Crippen LogP contribution >= 0.6 is 11.8 Å². The summed E-state index contributed by atoms with van der Waals surface area (Å²) < 4.78 is 5.86.